The van der Waals surface area contributed by atoms with Gasteiger partial charge in [0.15, 0.2) is 0 Å². The van der Waals surface area contributed by atoms with E-state index in [1.807, 2.05) is 0 Å². The molecule has 0 bridgehead atoms. The van der Waals surface area contributed by atoms with Gasteiger partial charge in [-0.05, 0) is 64.2 Å². The van der Waals surface area contributed by atoms with E-state index in [4.69, 9.17) is 0 Å². The molecule has 2 aliphatic carbocycles. The van der Waals surface area contributed by atoms with Gasteiger partial charge in [-0.15, -0.1) is 0 Å². The standard InChI is InChI=1S/C26H40N2O/c1-19-14-15-26-25(16-19)20(2)21(3)27(26)17-24(29)18-28(22-10-6-4-7-11-22)23-12-8-5-9-13-23/h14-16,22-24,29H,4-13,17-18H2,1-3H3. The highest BCUT2D eigenvalue weighted by molar-refractivity contribution is 5.85. The van der Waals surface area contributed by atoms with E-state index in [9.17, 15) is 5.11 Å². The third-order valence-corrected chi connectivity index (χ3v) is 7.70. The summed E-state index contributed by atoms with van der Waals surface area (Å²) in [6, 6.07) is 8.09. The quantitative estimate of drug-likeness (QED) is 0.659. The van der Waals surface area contributed by atoms with Crippen molar-refractivity contribution in [1.29, 1.82) is 0 Å². The number of aromatic nitrogens is 1. The van der Waals surface area contributed by atoms with Crippen molar-refractivity contribution in [2.45, 2.75) is 110 Å². The minimum absolute atomic E-state index is 0.311. The summed E-state index contributed by atoms with van der Waals surface area (Å²) in [6.45, 7) is 8.12. The zero-order chi connectivity index (χ0) is 20.4. The Morgan fingerprint density at radius 3 is 2.10 bits per heavy atom. The molecule has 1 N–H and O–H groups in total. The van der Waals surface area contributed by atoms with Crippen molar-refractivity contribution >= 4 is 10.9 Å². The second-order valence-electron chi connectivity index (χ2n) is 9.78. The Morgan fingerprint density at radius 1 is 0.931 bits per heavy atom. The van der Waals surface area contributed by atoms with Crippen molar-refractivity contribution in [1.82, 2.24) is 9.47 Å². The lowest BCUT2D eigenvalue weighted by molar-refractivity contribution is 0.0236. The van der Waals surface area contributed by atoms with E-state index in [0.717, 1.165) is 6.54 Å². The van der Waals surface area contributed by atoms with Crippen molar-refractivity contribution in [3.05, 3.63) is 35.0 Å². The number of aliphatic hydroxyl groups excluding tert-OH is 1. The zero-order valence-electron chi connectivity index (χ0n) is 18.8. The molecule has 1 heterocycles. The van der Waals surface area contributed by atoms with Gasteiger partial charge in [0.2, 0.25) is 0 Å². The van der Waals surface area contributed by atoms with Crippen molar-refractivity contribution in [2.24, 2.45) is 0 Å². The molecule has 3 nitrogen and oxygen atoms in total. The van der Waals surface area contributed by atoms with E-state index in [1.165, 1.54) is 91.9 Å². The molecule has 0 aliphatic heterocycles. The van der Waals surface area contributed by atoms with Crippen LogP contribution in [0.3, 0.4) is 0 Å². The predicted octanol–water partition coefficient (Wildman–Crippen LogP) is 5.89. The van der Waals surface area contributed by atoms with Crippen molar-refractivity contribution in [3.8, 4) is 0 Å². The summed E-state index contributed by atoms with van der Waals surface area (Å²) in [4.78, 5) is 2.74. The molecule has 3 heteroatoms. The van der Waals surface area contributed by atoms with Gasteiger partial charge in [0.05, 0.1) is 12.6 Å². The van der Waals surface area contributed by atoms with Gasteiger partial charge >= 0.3 is 0 Å². The van der Waals surface area contributed by atoms with Crippen LogP contribution in [0.25, 0.3) is 10.9 Å². The first-order valence-corrected chi connectivity index (χ1v) is 12.0. The normalized spacial score (nSPS) is 20.6. The van der Waals surface area contributed by atoms with Crippen molar-refractivity contribution < 1.29 is 5.11 Å². The van der Waals surface area contributed by atoms with Gasteiger partial charge < -0.3 is 9.67 Å². The molecule has 0 spiro atoms. The minimum Gasteiger partial charge on any atom is -0.390 e. The van der Waals surface area contributed by atoms with Crippen LogP contribution in [0.1, 0.15) is 81.0 Å². The van der Waals surface area contributed by atoms with Crippen LogP contribution in [-0.4, -0.2) is 39.3 Å². The fraction of sp³-hybridized carbons (Fsp3) is 0.692. The molecule has 4 rings (SSSR count). The average molecular weight is 397 g/mol. The second kappa shape index (κ2) is 9.22. The maximum absolute atomic E-state index is 11.2. The summed E-state index contributed by atoms with van der Waals surface area (Å²) in [5, 5.41) is 12.6. The molecule has 1 aromatic heterocycles. The topological polar surface area (TPSA) is 28.4 Å². The first-order chi connectivity index (χ1) is 14.0. The molecular weight excluding hydrogens is 356 g/mol. The van der Waals surface area contributed by atoms with Crippen LogP contribution in [0.4, 0.5) is 0 Å². The van der Waals surface area contributed by atoms with E-state index < -0.39 is 0 Å². The SMILES string of the molecule is Cc1ccc2c(c1)c(C)c(C)n2CC(O)CN(C1CCCCC1)C1CCCCC1. The molecule has 160 valence electrons. The smallest absolute Gasteiger partial charge is 0.0846 e. The second-order valence-corrected chi connectivity index (χ2v) is 9.78. The summed E-state index contributed by atoms with van der Waals surface area (Å²) in [6.07, 6.45) is 13.2. The molecule has 2 aliphatic rings. The fourth-order valence-electron chi connectivity index (χ4n) is 5.93. The van der Waals surface area contributed by atoms with Crippen molar-refractivity contribution in [3.63, 3.8) is 0 Å². The molecule has 0 saturated heterocycles. The monoisotopic (exact) mass is 396 g/mol. The summed E-state index contributed by atoms with van der Waals surface area (Å²) < 4.78 is 2.36. The molecule has 0 amide bonds. The van der Waals surface area contributed by atoms with Gasteiger partial charge in [-0.2, -0.15) is 0 Å². The highest BCUT2D eigenvalue weighted by Crippen LogP contribution is 2.31. The molecule has 1 aromatic carbocycles. The maximum Gasteiger partial charge on any atom is 0.0846 e. The van der Waals surface area contributed by atoms with Crippen LogP contribution in [0.2, 0.25) is 0 Å². The van der Waals surface area contributed by atoms with E-state index >= 15 is 0 Å². The highest BCUT2D eigenvalue weighted by atomic mass is 16.3. The van der Waals surface area contributed by atoms with Crippen LogP contribution in [0, 0.1) is 20.8 Å². The lowest BCUT2D eigenvalue weighted by atomic mass is 9.88. The number of hydrogen-bond acceptors (Lipinski definition) is 2. The summed E-state index contributed by atoms with van der Waals surface area (Å²) in [5.41, 5.74) is 5.23. The van der Waals surface area contributed by atoms with Gasteiger partial charge in [-0.25, -0.2) is 0 Å². The van der Waals surface area contributed by atoms with E-state index in [2.05, 4.69) is 48.4 Å². The van der Waals surface area contributed by atoms with Gasteiger partial charge in [0.25, 0.3) is 0 Å². The molecule has 1 atom stereocenters. The lowest BCUT2D eigenvalue weighted by Crippen LogP contribution is -2.49. The fourth-order valence-corrected chi connectivity index (χ4v) is 5.93. The Balaban J connectivity index is 1.52. The van der Waals surface area contributed by atoms with Gasteiger partial charge in [0, 0.05) is 35.2 Å². The summed E-state index contributed by atoms with van der Waals surface area (Å²) in [5.74, 6) is 0. The van der Waals surface area contributed by atoms with Crippen LogP contribution in [0.5, 0.6) is 0 Å². The number of aryl methyl sites for hydroxylation is 2. The molecule has 1 unspecified atom stereocenters. The van der Waals surface area contributed by atoms with Gasteiger partial charge in [0.1, 0.15) is 0 Å². The summed E-state index contributed by atoms with van der Waals surface area (Å²) in [7, 11) is 0. The Morgan fingerprint density at radius 2 is 1.52 bits per heavy atom. The van der Waals surface area contributed by atoms with E-state index in [0.29, 0.717) is 18.6 Å². The number of fused-ring (bicyclic) bond motifs is 1. The molecule has 29 heavy (non-hydrogen) atoms. The number of rotatable bonds is 6. The lowest BCUT2D eigenvalue weighted by Gasteiger charge is -2.42. The van der Waals surface area contributed by atoms with Crippen LogP contribution in [0.15, 0.2) is 18.2 Å². The predicted molar refractivity (Wildman–Crippen MR) is 123 cm³/mol. The van der Waals surface area contributed by atoms with Crippen molar-refractivity contribution in [2.75, 3.05) is 6.54 Å². The minimum atomic E-state index is -0.311. The Labute approximate surface area is 177 Å². The third kappa shape index (κ3) is 4.56. The Kier molecular flexibility index (Phi) is 6.66. The van der Waals surface area contributed by atoms with Gasteiger partial charge in [-0.3, -0.25) is 4.90 Å². The maximum atomic E-state index is 11.2. The zero-order valence-corrected chi connectivity index (χ0v) is 18.8. The average Bonchev–Trinajstić information content (AvgIpc) is 2.97. The highest BCUT2D eigenvalue weighted by Gasteiger charge is 2.30. The first-order valence-electron chi connectivity index (χ1n) is 12.0. The number of nitrogens with zero attached hydrogens (tertiary/aromatic N) is 2. The van der Waals surface area contributed by atoms with Gasteiger partial charge in [-0.1, -0.05) is 50.2 Å². The van der Waals surface area contributed by atoms with Crippen LogP contribution >= 0.6 is 0 Å². The summed E-state index contributed by atoms with van der Waals surface area (Å²) >= 11 is 0. The molecule has 0 radical (unpaired) electrons. The molecule has 2 aromatic rings. The number of benzene rings is 1. The molecule has 2 saturated carbocycles. The first kappa shape index (κ1) is 20.9. The Bertz CT molecular complexity index is 794. The largest absolute Gasteiger partial charge is 0.390 e. The van der Waals surface area contributed by atoms with Crippen LogP contribution in [-0.2, 0) is 6.54 Å². The number of aliphatic hydroxyl groups is 1. The van der Waals surface area contributed by atoms with E-state index in [1.54, 1.807) is 0 Å². The Hall–Kier alpha value is -1.32. The molecule has 2 fully saturated rings. The number of hydrogen-bond donors (Lipinski definition) is 1. The third-order valence-electron chi connectivity index (χ3n) is 7.70. The molecular formula is C26H40N2O. The van der Waals surface area contributed by atoms with E-state index in [-0.39, 0.29) is 6.10 Å². The van der Waals surface area contributed by atoms with Crippen LogP contribution < -0.4 is 0 Å².